The highest BCUT2D eigenvalue weighted by atomic mass is 16.1. The van der Waals surface area contributed by atoms with Gasteiger partial charge in [-0.15, -0.1) is 0 Å². The zero-order chi connectivity index (χ0) is 12.7. The van der Waals surface area contributed by atoms with E-state index < -0.39 is 0 Å². The van der Waals surface area contributed by atoms with Crippen molar-refractivity contribution >= 4 is 11.6 Å². The number of carbonyl (C=O) groups is 2. The molecule has 0 bridgehead atoms. The van der Waals surface area contributed by atoms with Gasteiger partial charge >= 0.3 is 0 Å². The number of hydrogen-bond acceptors (Lipinski definition) is 3. The van der Waals surface area contributed by atoms with Gasteiger partial charge in [0.05, 0.1) is 11.3 Å². The lowest BCUT2D eigenvalue weighted by atomic mass is 9.97. The molecule has 0 spiro atoms. The van der Waals surface area contributed by atoms with Crippen LogP contribution in [-0.2, 0) is 0 Å². The smallest absolute Gasteiger partial charge is 0.209 e. The molecule has 0 saturated carbocycles. The summed E-state index contributed by atoms with van der Waals surface area (Å²) in [6.45, 7) is 1.63. The Kier molecular flexibility index (Phi) is 2.23. The first-order valence-electron chi connectivity index (χ1n) is 5.59. The van der Waals surface area contributed by atoms with E-state index in [1.165, 1.54) is 6.08 Å². The fraction of sp³-hybridized carbons (Fsp3) is 0.0714. The van der Waals surface area contributed by atoms with Crippen molar-refractivity contribution in [1.82, 2.24) is 9.78 Å². The molecule has 0 fully saturated rings. The van der Waals surface area contributed by atoms with Gasteiger partial charge in [0, 0.05) is 11.8 Å². The van der Waals surface area contributed by atoms with Crippen molar-refractivity contribution in [3.63, 3.8) is 0 Å². The third-order valence-electron chi connectivity index (χ3n) is 2.92. The molecular weight excluding hydrogens is 228 g/mol. The van der Waals surface area contributed by atoms with Crippen LogP contribution in [0.25, 0.3) is 5.69 Å². The summed E-state index contributed by atoms with van der Waals surface area (Å²) in [5.74, 6) is -0.344. The largest absolute Gasteiger partial charge is 0.289 e. The topological polar surface area (TPSA) is 52.0 Å². The summed E-state index contributed by atoms with van der Waals surface area (Å²) in [7, 11) is 0. The minimum atomic E-state index is -0.181. The Morgan fingerprint density at radius 2 is 1.83 bits per heavy atom. The van der Waals surface area contributed by atoms with Crippen LogP contribution >= 0.6 is 0 Å². The predicted octanol–water partition coefficient (Wildman–Crippen LogP) is 2.20. The summed E-state index contributed by atoms with van der Waals surface area (Å²) >= 11 is 0. The zero-order valence-electron chi connectivity index (χ0n) is 9.75. The monoisotopic (exact) mass is 238 g/mol. The molecule has 0 atom stereocenters. The van der Waals surface area contributed by atoms with E-state index >= 15 is 0 Å². The average Bonchev–Trinajstić information content (AvgIpc) is 2.83. The van der Waals surface area contributed by atoms with Crippen LogP contribution in [0.2, 0.25) is 0 Å². The number of ketones is 2. The third-order valence-corrected chi connectivity index (χ3v) is 2.92. The highest BCUT2D eigenvalue weighted by molar-refractivity contribution is 6.23. The summed E-state index contributed by atoms with van der Waals surface area (Å²) in [6.07, 6.45) is 2.97. The number of aromatic nitrogens is 2. The number of carbonyl (C=O) groups excluding carboxylic acids is 2. The molecule has 3 rings (SSSR count). The van der Waals surface area contributed by atoms with Crippen LogP contribution < -0.4 is 0 Å². The van der Waals surface area contributed by atoms with Gasteiger partial charge in [0.15, 0.2) is 5.78 Å². The molecule has 0 saturated heterocycles. The molecule has 0 unspecified atom stereocenters. The van der Waals surface area contributed by atoms with Crippen molar-refractivity contribution in [2.75, 3.05) is 0 Å². The molecule has 4 heteroatoms. The highest BCUT2D eigenvalue weighted by Gasteiger charge is 2.27. The van der Waals surface area contributed by atoms with Crippen molar-refractivity contribution in [2.24, 2.45) is 0 Å². The number of fused-ring (bicyclic) bond motifs is 1. The van der Waals surface area contributed by atoms with Crippen LogP contribution in [0.5, 0.6) is 0 Å². The Balaban J connectivity index is 2.15. The Hall–Kier alpha value is -2.49. The van der Waals surface area contributed by atoms with Crippen molar-refractivity contribution in [2.45, 2.75) is 6.92 Å². The number of para-hydroxylation sites is 1. The van der Waals surface area contributed by atoms with E-state index in [4.69, 9.17) is 0 Å². The summed E-state index contributed by atoms with van der Waals surface area (Å²) in [5.41, 5.74) is 1.87. The minimum absolute atomic E-state index is 0.163. The van der Waals surface area contributed by atoms with Gasteiger partial charge in [-0.1, -0.05) is 18.2 Å². The molecule has 1 aliphatic rings. The van der Waals surface area contributed by atoms with Gasteiger partial charge in [-0.25, -0.2) is 4.68 Å². The van der Waals surface area contributed by atoms with Gasteiger partial charge in [-0.05, 0) is 25.1 Å². The fourth-order valence-corrected chi connectivity index (χ4v) is 1.96. The van der Waals surface area contributed by atoms with Crippen LogP contribution in [-0.4, -0.2) is 21.3 Å². The Morgan fingerprint density at radius 3 is 2.56 bits per heavy atom. The molecule has 1 heterocycles. The van der Waals surface area contributed by atoms with Gasteiger partial charge in [-0.2, -0.15) is 5.10 Å². The lowest BCUT2D eigenvalue weighted by molar-refractivity contribution is 0.0982. The first-order valence-corrected chi connectivity index (χ1v) is 5.59. The van der Waals surface area contributed by atoms with Crippen LogP contribution in [0.1, 0.15) is 27.8 Å². The maximum absolute atomic E-state index is 11.9. The summed E-state index contributed by atoms with van der Waals surface area (Å²) in [5, 5.41) is 4.21. The fourth-order valence-electron chi connectivity index (χ4n) is 1.96. The Bertz CT molecular complexity index is 681. The van der Waals surface area contributed by atoms with Gasteiger partial charge in [0.1, 0.15) is 5.69 Å². The number of benzene rings is 1. The molecule has 0 amide bonds. The Labute approximate surface area is 104 Å². The lowest BCUT2D eigenvalue weighted by Crippen LogP contribution is -2.14. The van der Waals surface area contributed by atoms with Crippen molar-refractivity contribution < 1.29 is 9.59 Å². The summed E-state index contributed by atoms with van der Waals surface area (Å²) in [4.78, 5) is 23.7. The van der Waals surface area contributed by atoms with E-state index in [9.17, 15) is 9.59 Å². The number of nitrogens with zero attached hydrogens (tertiary/aromatic N) is 2. The van der Waals surface area contributed by atoms with Crippen LogP contribution in [0.3, 0.4) is 0 Å². The number of rotatable bonds is 1. The summed E-state index contributed by atoms with van der Waals surface area (Å²) in [6, 6.07) is 9.39. The highest BCUT2D eigenvalue weighted by Crippen LogP contribution is 2.21. The van der Waals surface area contributed by atoms with Crippen LogP contribution in [0.4, 0.5) is 0 Å². The van der Waals surface area contributed by atoms with E-state index in [1.807, 2.05) is 30.3 Å². The maximum Gasteiger partial charge on any atom is 0.209 e. The molecule has 0 N–H and O–H groups in total. The predicted molar refractivity (Wildman–Crippen MR) is 66.0 cm³/mol. The molecule has 1 aromatic heterocycles. The molecule has 0 aliphatic heterocycles. The number of hydrogen-bond donors (Lipinski definition) is 0. The van der Waals surface area contributed by atoms with E-state index in [1.54, 1.807) is 17.8 Å². The molecule has 1 aliphatic carbocycles. The van der Waals surface area contributed by atoms with E-state index in [0.29, 0.717) is 11.1 Å². The van der Waals surface area contributed by atoms with Crippen molar-refractivity contribution in [3.05, 3.63) is 59.4 Å². The molecule has 0 radical (unpaired) electrons. The lowest BCUT2D eigenvalue weighted by Gasteiger charge is -2.04. The SMILES string of the molecule is CC1=CC(=O)c2cn(-c3ccccc3)nc2C1=O. The molecule has 18 heavy (non-hydrogen) atoms. The minimum Gasteiger partial charge on any atom is -0.289 e. The summed E-state index contributed by atoms with van der Waals surface area (Å²) < 4.78 is 1.56. The second-order valence-corrected chi connectivity index (χ2v) is 4.19. The van der Waals surface area contributed by atoms with E-state index in [2.05, 4.69) is 5.10 Å². The maximum atomic E-state index is 11.9. The van der Waals surface area contributed by atoms with Crippen LogP contribution in [0.15, 0.2) is 48.2 Å². The average molecular weight is 238 g/mol. The third kappa shape index (κ3) is 1.50. The van der Waals surface area contributed by atoms with E-state index in [0.717, 1.165) is 5.69 Å². The molecule has 4 nitrogen and oxygen atoms in total. The van der Waals surface area contributed by atoms with Gasteiger partial charge < -0.3 is 0 Å². The molecule has 1 aromatic carbocycles. The van der Waals surface area contributed by atoms with Gasteiger partial charge in [0.2, 0.25) is 5.78 Å². The quantitative estimate of drug-likeness (QED) is 0.765. The molecular formula is C14H10N2O2. The van der Waals surface area contributed by atoms with Crippen LogP contribution in [0, 0.1) is 0 Å². The molecule has 88 valence electrons. The Morgan fingerprint density at radius 1 is 1.11 bits per heavy atom. The zero-order valence-corrected chi connectivity index (χ0v) is 9.75. The van der Waals surface area contributed by atoms with Gasteiger partial charge in [0.25, 0.3) is 0 Å². The number of Topliss-reactive ketones (excluding diaryl/α,β-unsaturated/α-hetero) is 1. The first-order chi connectivity index (χ1) is 8.66. The van der Waals surface area contributed by atoms with E-state index in [-0.39, 0.29) is 17.3 Å². The number of allylic oxidation sites excluding steroid dienone is 2. The van der Waals surface area contributed by atoms with Gasteiger partial charge in [-0.3, -0.25) is 9.59 Å². The molecule has 2 aromatic rings. The second kappa shape index (κ2) is 3.77. The van der Waals surface area contributed by atoms with Crippen molar-refractivity contribution in [3.8, 4) is 5.69 Å². The second-order valence-electron chi connectivity index (χ2n) is 4.19. The first kappa shape index (κ1) is 10.7. The standard InChI is InChI=1S/C14H10N2O2/c1-9-7-12(17)11-8-16(15-13(11)14(9)18)10-5-3-2-4-6-10/h2-8H,1H3. The normalized spacial score (nSPS) is 14.4. The van der Waals surface area contributed by atoms with Crippen molar-refractivity contribution in [1.29, 1.82) is 0 Å².